The highest BCUT2D eigenvalue weighted by Crippen LogP contribution is 2.15. The predicted molar refractivity (Wildman–Crippen MR) is 88.7 cm³/mol. The van der Waals surface area contributed by atoms with E-state index in [1.165, 1.54) is 30.3 Å². The summed E-state index contributed by atoms with van der Waals surface area (Å²) in [7, 11) is 0. The van der Waals surface area contributed by atoms with Gasteiger partial charge in [0.25, 0.3) is 5.69 Å². The maximum atomic E-state index is 12.0. The zero-order valence-corrected chi connectivity index (χ0v) is 12.8. The number of rotatable bonds is 7. The molecule has 0 N–H and O–H groups in total. The van der Waals surface area contributed by atoms with Gasteiger partial charge in [0.05, 0.1) is 11.5 Å². The molecule has 5 nitrogen and oxygen atoms in total. The van der Waals surface area contributed by atoms with Crippen molar-refractivity contribution in [2.75, 3.05) is 6.61 Å². The second-order valence-corrected chi connectivity index (χ2v) is 4.92. The summed E-state index contributed by atoms with van der Waals surface area (Å²) in [5.74, 6) is 0.594. The second-order valence-electron chi connectivity index (χ2n) is 4.92. The van der Waals surface area contributed by atoms with Crippen molar-refractivity contribution in [2.45, 2.75) is 13.3 Å². The molecule has 0 amide bonds. The summed E-state index contributed by atoms with van der Waals surface area (Å²) in [6.45, 7) is 2.72. The summed E-state index contributed by atoms with van der Waals surface area (Å²) >= 11 is 0. The number of hydrogen-bond acceptors (Lipinski definition) is 4. The third-order valence-electron chi connectivity index (χ3n) is 3.14. The van der Waals surface area contributed by atoms with Crippen LogP contribution in [-0.4, -0.2) is 17.3 Å². The third kappa shape index (κ3) is 4.78. The maximum absolute atomic E-state index is 12.0. The van der Waals surface area contributed by atoms with E-state index in [4.69, 9.17) is 4.74 Å². The molecule has 0 fully saturated rings. The fourth-order valence-electron chi connectivity index (χ4n) is 1.91. The van der Waals surface area contributed by atoms with Crippen molar-refractivity contribution in [3.63, 3.8) is 0 Å². The summed E-state index contributed by atoms with van der Waals surface area (Å²) in [5.41, 5.74) is 1.26. The first kappa shape index (κ1) is 16.4. The normalized spacial score (nSPS) is 10.7. The van der Waals surface area contributed by atoms with Crippen LogP contribution in [0.15, 0.2) is 54.6 Å². The first-order valence-electron chi connectivity index (χ1n) is 7.30. The monoisotopic (exact) mass is 311 g/mol. The van der Waals surface area contributed by atoms with E-state index in [0.29, 0.717) is 12.2 Å². The van der Waals surface area contributed by atoms with Crippen LogP contribution in [-0.2, 0) is 0 Å². The lowest BCUT2D eigenvalue weighted by atomic mass is 10.1. The minimum absolute atomic E-state index is 0.0341. The molecule has 23 heavy (non-hydrogen) atoms. The fraction of sp³-hybridized carbons (Fsp3) is 0.167. The van der Waals surface area contributed by atoms with Crippen LogP contribution in [0.3, 0.4) is 0 Å². The molecule has 0 spiro atoms. The number of carbonyl (C=O) groups is 1. The Morgan fingerprint density at radius 3 is 2.35 bits per heavy atom. The molecule has 118 valence electrons. The molecule has 0 saturated heterocycles. The molecule has 2 rings (SSSR count). The molecule has 0 atom stereocenters. The Morgan fingerprint density at radius 2 is 1.78 bits per heavy atom. The number of nitro groups is 1. The molecule has 0 bridgehead atoms. The van der Waals surface area contributed by atoms with Gasteiger partial charge in [-0.05, 0) is 42.3 Å². The van der Waals surface area contributed by atoms with Gasteiger partial charge >= 0.3 is 0 Å². The summed E-state index contributed by atoms with van der Waals surface area (Å²) in [6.07, 6.45) is 4.10. The zero-order valence-electron chi connectivity index (χ0n) is 12.8. The molecular formula is C18H17NO4. The van der Waals surface area contributed by atoms with Crippen molar-refractivity contribution in [1.82, 2.24) is 0 Å². The lowest BCUT2D eigenvalue weighted by Gasteiger charge is -2.03. The van der Waals surface area contributed by atoms with Crippen LogP contribution in [0, 0.1) is 10.1 Å². The van der Waals surface area contributed by atoms with Gasteiger partial charge in [0, 0.05) is 17.7 Å². The van der Waals surface area contributed by atoms with Gasteiger partial charge in [-0.25, -0.2) is 0 Å². The van der Waals surface area contributed by atoms with Gasteiger partial charge in [-0.15, -0.1) is 0 Å². The van der Waals surface area contributed by atoms with Gasteiger partial charge in [0.15, 0.2) is 5.78 Å². The first-order chi connectivity index (χ1) is 11.1. The summed E-state index contributed by atoms with van der Waals surface area (Å²) in [4.78, 5) is 22.1. The molecule has 2 aromatic rings. The Kier molecular flexibility index (Phi) is 5.63. The number of ketones is 1. The van der Waals surface area contributed by atoms with E-state index in [1.54, 1.807) is 6.08 Å². The number of nitro benzene ring substituents is 1. The predicted octanol–water partition coefficient (Wildman–Crippen LogP) is 4.28. The summed E-state index contributed by atoms with van der Waals surface area (Å²) in [5, 5.41) is 10.6. The highest BCUT2D eigenvalue weighted by molar-refractivity contribution is 6.06. The maximum Gasteiger partial charge on any atom is 0.269 e. The van der Waals surface area contributed by atoms with Crippen molar-refractivity contribution in [2.24, 2.45) is 0 Å². The lowest BCUT2D eigenvalue weighted by Crippen LogP contribution is -1.95. The summed E-state index contributed by atoms with van der Waals surface area (Å²) < 4.78 is 5.49. The molecule has 5 heteroatoms. The standard InChI is InChI=1S/C18H17NO4/c1-2-13-23-17-10-3-14(4-11-17)5-12-18(20)15-6-8-16(9-7-15)19(21)22/h3-12H,2,13H2,1H3. The van der Waals surface area contributed by atoms with Crippen LogP contribution in [0.5, 0.6) is 5.75 Å². The average Bonchev–Trinajstić information content (AvgIpc) is 2.58. The van der Waals surface area contributed by atoms with Gasteiger partial charge < -0.3 is 4.74 Å². The number of nitrogens with zero attached hydrogens (tertiary/aromatic N) is 1. The van der Waals surface area contributed by atoms with Crippen molar-refractivity contribution < 1.29 is 14.5 Å². The van der Waals surface area contributed by atoms with Gasteiger partial charge in [0.2, 0.25) is 0 Å². The zero-order chi connectivity index (χ0) is 16.7. The Balaban J connectivity index is 2.01. The van der Waals surface area contributed by atoms with Gasteiger partial charge in [-0.3, -0.25) is 14.9 Å². The smallest absolute Gasteiger partial charge is 0.269 e. The van der Waals surface area contributed by atoms with E-state index in [9.17, 15) is 14.9 Å². The van der Waals surface area contributed by atoms with E-state index in [0.717, 1.165) is 17.7 Å². The number of ether oxygens (including phenoxy) is 1. The minimum Gasteiger partial charge on any atom is -0.494 e. The van der Waals surface area contributed by atoms with Crippen molar-refractivity contribution in [3.8, 4) is 5.75 Å². The molecule has 0 aromatic heterocycles. The Labute approximate surface area is 134 Å². The van der Waals surface area contributed by atoms with Crippen LogP contribution < -0.4 is 4.74 Å². The SMILES string of the molecule is CCCOc1ccc(C=CC(=O)c2ccc([N+](=O)[O-])cc2)cc1. The van der Waals surface area contributed by atoms with Crippen LogP contribution >= 0.6 is 0 Å². The van der Waals surface area contributed by atoms with E-state index in [1.807, 2.05) is 31.2 Å². The van der Waals surface area contributed by atoms with Crippen LogP contribution in [0.4, 0.5) is 5.69 Å². The molecule has 2 aromatic carbocycles. The quantitative estimate of drug-likeness (QED) is 0.331. The Bertz CT molecular complexity index is 703. The van der Waals surface area contributed by atoms with Gasteiger partial charge in [-0.2, -0.15) is 0 Å². The molecule has 0 aliphatic heterocycles. The fourth-order valence-corrected chi connectivity index (χ4v) is 1.91. The largest absolute Gasteiger partial charge is 0.494 e. The molecule has 0 heterocycles. The molecule has 0 saturated carbocycles. The molecule has 0 unspecified atom stereocenters. The van der Waals surface area contributed by atoms with Crippen LogP contribution in [0.25, 0.3) is 6.08 Å². The van der Waals surface area contributed by atoms with Crippen molar-refractivity contribution in [1.29, 1.82) is 0 Å². The highest BCUT2D eigenvalue weighted by atomic mass is 16.6. The van der Waals surface area contributed by atoms with Gasteiger partial charge in [-0.1, -0.05) is 25.1 Å². The van der Waals surface area contributed by atoms with Crippen molar-refractivity contribution >= 4 is 17.5 Å². The van der Waals surface area contributed by atoms with E-state index in [2.05, 4.69) is 0 Å². The first-order valence-corrected chi connectivity index (χ1v) is 7.30. The molecular weight excluding hydrogens is 294 g/mol. The van der Waals surface area contributed by atoms with Crippen molar-refractivity contribution in [3.05, 3.63) is 75.8 Å². The average molecular weight is 311 g/mol. The number of non-ortho nitro benzene ring substituents is 1. The number of allylic oxidation sites excluding steroid dienone is 1. The summed E-state index contributed by atoms with van der Waals surface area (Å²) in [6, 6.07) is 13.0. The van der Waals surface area contributed by atoms with Crippen LogP contribution in [0.2, 0.25) is 0 Å². The highest BCUT2D eigenvalue weighted by Gasteiger charge is 2.07. The molecule has 0 radical (unpaired) electrons. The topological polar surface area (TPSA) is 69.4 Å². The third-order valence-corrected chi connectivity index (χ3v) is 3.14. The molecule has 0 aliphatic rings. The number of carbonyl (C=O) groups excluding carboxylic acids is 1. The Hall–Kier alpha value is -2.95. The minimum atomic E-state index is -0.494. The second kappa shape index (κ2) is 7.89. The van der Waals surface area contributed by atoms with E-state index < -0.39 is 4.92 Å². The van der Waals surface area contributed by atoms with Crippen LogP contribution in [0.1, 0.15) is 29.3 Å². The number of benzene rings is 2. The number of hydrogen-bond donors (Lipinski definition) is 0. The van der Waals surface area contributed by atoms with E-state index >= 15 is 0 Å². The molecule has 0 aliphatic carbocycles. The van der Waals surface area contributed by atoms with Gasteiger partial charge in [0.1, 0.15) is 5.75 Å². The Morgan fingerprint density at radius 1 is 1.13 bits per heavy atom. The van der Waals surface area contributed by atoms with E-state index in [-0.39, 0.29) is 11.5 Å². The lowest BCUT2D eigenvalue weighted by molar-refractivity contribution is -0.384.